The van der Waals surface area contributed by atoms with Crippen molar-refractivity contribution in [3.8, 4) is 0 Å². The van der Waals surface area contributed by atoms with E-state index in [2.05, 4.69) is 10.2 Å². The van der Waals surface area contributed by atoms with Crippen LogP contribution in [0.1, 0.15) is 24.8 Å². The molecule has 1 aromatic rings. The molecule has 2 aliphatic heterocycles. The average molecular weight is 408 g/mol. The van der Waals surface area contributed by atoms with Gasteiger partial charge in [0, 0.05) is 38.3 Å². The molecule has 2 heterocycles. The molecule has 6 nitrogen and oxygen atoms in total. The third kappa shape index (κ3) is 5.03. The van der Waals surface area contributed by atoms with E-state index in [9.17, 15) is 23.3 Å². The molecular weight excluding hydrogens is 387 g/mol. The number of piperidine rings is 1. The van der Waals surface area contributed by atoms with Gasteiger partial charge in [-0.25, -0.2) is 0 Å². The van der Waals surface area contributed by atoms with Crippen molar-refractivity contribution in [3.63, 3.8) is 0 Å². The number of hydrogen-bond acceptors (Lipinski definition) is 5. The van der Waals surface area contributed by atoms with Crippen molar-refractivity contribution in [2.24, 2.45) is 5.92 Å². The number of ether oxygens (including phenoxy) is 1. The molecule has 1 unspecified atom stereocenters. The molecule has 0 bridgehead atoms. The lowest BCUT2D eigenvalue weighted by atomic mass is 10.0. The molecule has 0 aliphatic carbocycles. The molecule has 150 valence electrons. The fraction of sp³-hybridized carbons (Fsp3) is 0.647. The van der Waals surface area contributed by atoms with E-state index in [0.29, 0.717) is 12.0 Å². The second-order valence-electron chi connectivity index (χ2n) is 7.05. The number of rotatable bonds is 5. The van der Waals surface area contributed by atoms with Gasteiger partial charge in [0.1, 0.15) is 5.69 Å². The van der Waals surface area contributed by atoms with Gasteiger partial charge in [0.05, 0.1) is 22.1 Å². The van der Waals surface area contributed by atoms with E-state index in [1.54, 1.807) is 0 Å². The zero-order valence-corrected chi connectivity index (χ0v) is 15.4. The van der Waals surface area contributed by atoms with E-state index in [4.69, 9.17) is 16.3 Å². The summed E-state index contributed by atoms with van der Waals surface area (Å²) in [6.07, 6.45) is -2.17. The van der Waals surface area contributed by atoms with Crippen molar-refractivity contribution in [2.45, 2.75) is 31.5 Å². The predicted molar refractivity (Wildman–Crippen MR) is 95.1 cm³/mol. The lowest BCUT2D eigenvalue weighted by molar-refractivity contribution is -0.384. The average Bonchev–Trinajstić information content (AvgIpc) is 3.08. The maximum atomic E-state index is 13.0. The Hall–Kier alpha value is -1.58. The molecule has 2 saturated heterocycles. The van der Waals surface area contributed by atoms with Gasteiger partial charge in [-0.3, -0.25) is 10.1 Å². The molecule has 2 fully saturated rings. The Kier molecular flexibility index (Phi) is 6.12. The first-order chi connectivity index (χ1) is 12.7. The minimum atomic E-state index is -4.74. The number of hydrogen-bond donors (Lipinski definition) is 1. The van der Waals surface area contributed by atoms with E-state index in [0.717, 1.165) is 58.2 Å². The summed E-state index contributed by atoms with van der Waals surface area (Å²) in [5.41, 5.74) is -1.78. The van der Waals surface area contributed by atoms with Gasteiger partial charge < -0.3 is 15.0 Å². The van der Waals surface area contributed by atoms with Crippen molar-refractivity contribution < 1.29 is 22.8 Å². The van der Waals surface area contributed by atoms with Gasteiger partial charge in [-0.15, -0.1) is 0 Å². The third-order valence-electron chi connectivity index (χ3n) is 5.08. The van der Waals surface area contributed by atoms with Crippen LogP contribution in [-0.2, 0) is 10.9 Å². The van der Waals surface area contributed by atoms with Crippen LogP contribution in [-0.4, -0.2) is 48.7 Å². The Bertz CT molecular complexity index is 688. The molecule has 1 aromatic carbocycles. The van der Waals surface area contributed by atoms with Gasteiger partial charge in [-0.05, 0) is 31.2 Å². The number of nitrogens with zero attached hydrogens (tertiary/aromatic N) is 2. The number of likely N-dealkylation sites (tertiary alicyclic amines) is 1. The van der Waals surface area contributed by atoms with Crippen LogP contribution in [0.3, 0.4) is 0 Å². The summed E-state index contributed by atoms with van der Waals surface area (Å²) in [5.74, 6) is 0.546. The Balaban J connectivity index is 1.65. The van der Waals surface area contributed by atoms with Crippen LogP contribution < -0.4 is 5.32 Å². The highest BCUT2D eigenvalue weighted by Gasteiger charge is 2.36. The number of nitro groups is 1. The maximum Gasteiger partial charge on any atom is 0.418 e. The molecule has 1 atom stereocenters. The standard InChI is InChI=1S/C17H21ClF3N3O3/c18-14-8-15(16(24(25)26)7-13(14)17(19,20)21)22-12-1-4-23(5-2-12)9-11-3-6-27-10-11/h7-8,11-12,22H,1-6,9-10H2. The van der Waals surface area contributed by atoms with Gasteiger partial charge in [0.25, 0.3) is 5.69 Å². The van der Waals surface area contributed by atoms with E-state index in [1.165, 1.54) is 0 Å². The van der Waals surface area contributed by atoms with Crippen LogP contribution in [0.4, 0.5) is 24.5 Å². The van der Waals surface area contributed by atoms with Crippen molar-refractivity contribution >= 4 is 23.0 Å². The molecule has 0 amide bonds. The normalized spacial score (nSPS) is 22.1. The number of benzene rings is 1. The zero-order chi connectivity index (χ0) is 19.6. The van der Waals surface area contributed by atoms with Crippen molar-refractivity contribution in [3.05, 3.63) is 32.8 Å². The van der Waals surface area contributed by atoms with Crippen LogP contribution in [0.2, 0.25) is 5.02 Å². The first kappa shape index (κ1) is 20.2. The highest BCUT2D eigenvalue weighted by Crippen LogP contribution is 2.40. The van der Waals surface area contributed by atoms with Crippen LogP contribution in [0, 0.1) is 16.0 Å². The SMILES string of the molecule is O=[N+]([O-])c1cc(C(F)(F)F)c(Cl)cc1NC1CCN(CC2CCOC2)CC1. The molecular formula is C17H21ClF3N3O3. The summed E-state index contributed by atoms with van der Waals surface area (Å²) in [5, 5.41) is 13.7. The highest BCUT2D eigenvalue weighted by molar-refractivity contribution is 6.31. The number of halogens is 4. The van der Waals surface area contributed by atoms with Crippen LogP contribution in [0.25, 0.3) is 0 Å². The van der Waals surface area contributed by atoms with Crippen LogP contribution in [0.5, 0.6) is 0 Å². The minimum Gasteiger partial charge on any atom is -0.381 e. The lowest BCUT2D eigenvalue weighted by Gasteiger charge is -2.34. The number of alkyl halides is 3. The zero-order valence-electron chi connectivity index (χ0n) is 14.6. The van der Waals surface area contributed by atoms with Gasteiger partial charge in [0.15, 0.2) is 0 Å². The molecule has 0 saturated carbocycles. The molecule has 1 N–H and O–H groups in total. The Morgan fingerprint density at radius 2 is 2.00 bits per heavy atom. The van der Waals surface area contributed by atoms with E-state index in [-0.39, 0.29) is 11.7 Å². The summed E-state index contributed by atoms with van der Waals surface area (Å²) >= 11 is 5.72. The smallest absolute Gasteiger partial charge is 0.381 e. The first-order valence-corrected chi connectivity index (χ1v) is 9.23. The van der Waals surface area contributed by atoms with Gasteiger partial charge in [0.2, 0.25) is 0 Å². The quantitative estimate of drug-likeness (QED) is 0.586. The fourth-order valence-corrected chi connectivity index (χ4v) is 3.89. The van der Waals surface area contributed by atoms with Crippen molar-refractivity contribution in [1.82, 2.24) is 4.90 Å². The third-order valence-corrected chi connectivity index (χ3v) is 5.39. The lowest BCUT2D eigenvalue weighted by Crippen LogP contribution is -2.41. The molecule has 3 rings (SSSR count). The molecule has 0 radical (unpaired) electrons. The van der Waals surface area contributed by atoms with E-state index >= 15 is 0 Å². The second kappa shape index (κ2) is 8.20. The summed E-state index contributed by atoms with van der Waals surface area (Å²) in [7, 11) is 0. The van der Waals surface area contributed by atoms with E-state index in [1.807, 2.05) is 0 Å². The highest BCUT2D eigenvalue weighted by atomic mass is 35.5. The van der Waals surface area contributed by atoms with Crippen molar-refractivity contribution in [2.75, 3.05) is 38.2 Å². The number of nitro benzene ring substituents is 1. The summed E-state index contributed by atoms with van der Waals surface area (Å²) < 4.78 is 44.2. The van der Waals surface area contributed by atoms with E-state index < -0.39 is 27.4 Å². The summed E-state index contributed by atoms with van der Waals surface area (Å²) in [4.78, 5) is 12.8. The monoisotopic (exact) mass is 407 g/mol. The molecule has 27 heavy (non-hydrogen) atoms. The Morgan fingerprint density at radius 1 is 1.30 bits per heavy atom. The van der Waals surface area contributed by atoms with Gasteiger partial charge in [-0.1, -0.05) is 11.6 Å². The van der Waals surface area contributed by atoms with Gasteiger partial charge >= 0.3 is 6.18 Å². The topological polar surface area (TPSA) is 67.6 Å². The maximum absolute atomic E-state index is 13.0. The Labute approximate surface area is 159 Å². The fourth-order valence-electron chi connectivity index (χ4n) is 3.62. The van der Waals surface area contributed by atoms with Gasteiger partial charge in [-0.2, -0.15) is 13.2 Å². The largest absolute Gasteiger partial charge is 0.418 e. The molecule has 10 heteroatoms. The predicted octanol–water partition coefficient (Wildman–Crippen LogP) is 4.18. The van der Waals surface area contributed by atoms with Crippen LogP contribution >= 0.6 is 11.6 Å². The second-order valence-corrected chi connectivity index (χ2v) is 7.46. The Morgan fingerprint density at radius 3 is 2.56 bits per heavy atom. The number of anilines is 1. The number of nitrogens with one attached hydrogen (secondary N) is 1. The van der Waals surface area contributed by atoms with Crippen LogP contribution in [0.15, 0.2) is 12.1 Å². The molecule has 2 aliphatic rings. The molecule has 0 aromatic heterocycles. The minimum absolute atomic E-state index is 0.0284. The van der Waals surface area contributed by atoms with Crippen molar-refractivity contribution in [1.29, 1.82) is 0 Å². The first-order valence-electron chi connectivity index (χ1n) is 8.86. The molecule has 0 spiro atoms. The summed E-state index contributed by atoms with van der Waals surface area (Å²) in [6, 6.07) is 1.46. The summed E-state index contributed by atoms with van der Waals surface area (Å²) in [6.45, 7) is 4.22.